The first-order chi connectivity index (χ1) is 9.20. The molecule has 1 unspecified atom stereocenters. The van der Waals surface area contributed by atoms with Crippen LogP contribution < -0.4 is 10.2 Å². The number of hydrogen-bond donors (Lipinski definition) is 2. The molecule has 5 heteroatoms. The quantitative estimate of drug-likeness (QED) is 0.637. The second-order valence-corrected chi connectivity index (χ2v) is 4.26. The predicted octanol–water partition coefficient (Wildman–Crippen LogP) is 2.69. The Morgan fingerprint density at radius 1 is 1.26 bits per heavy atom. The first-order valence-electron chi connectivity index (χ1n) is 6.08. The second kappa shape index (κ2) is 5.95. The number of nitrogens with zero attached hydrogens (tertiary/aromatic N) is 3. The number of anilines is 2. The van der Waals surface area contributed by atoms with E-state index < -0.39 is 0 Å². The lowest BCUT2D eigenvalue weighted by atomic mass is 10.1. The summed E-state index contributed by atoms with van der Waals surface area (Å²) < 4.78 is 0. The van der Waals surface area contributed by atoms with Gasteiger partial charge in [-0.25, -0.2) is 4.98 Å². The molecule has 1 atom stereocenters. The molecule has 0 saturated carbocycles. The molecule has 0 fully saturated rings. The van der Waals surface area contributed by atoms with Crippen molar-refractivity contribution in [3.8, 4) is 0 Å². The highest BCUT2D eigenvalue weighted by Gasteiger charge is 2.07. The van der Waals surface area contributed by atoms with Crippen LogP contribution in [0.5, 0.6) is 0 Å². The largest absolute Gasteiger partial charge is 0.348 e. The van der Waals surface area contributed by atoms with Crippen LogP contribution in [0.4, 0.5) is 11.8 Å². The zero-order valence-electron chi connectivity index (χ0n) is 11.0. The molecule has 0 bridgehead atoms. The number of benzene rings is 1. The molecule has 0 radical (unpaired) electrons. The Balaban J connectivity index is 2.13. The fourth-order valence-corrected chi connectivity index (χ4v) is 1.70. The van der Waals surface area contributed by atoms with Crippen LogP contribution in [-0.2, 0) is 0 Å². The van der Waals surface area contributed by atoms with Gasteiger partial charge in [0.25, 0.3) is 0 Å². The van der Waals surface area contributed by atoms with Gasteiger partial charge < -0.3 is 10.2 Å². The van der Waals surface area contributed by atoms with E-state index in [-0.39, 0.29) is 6.04 Å². The Morgan fingerprint density at radius 3 is 2.68 bits per heavy atom. The van der Waals surface area contributed by atoms with Gasteiger partial charge in [-0.2, -0.15) is 4.98 Å². The number of hydrogen-bond acceptors (Lipinski definition) is 4. The maximum atomic E-state index is 7.21. The highest BCUT2D eigenvalue weighted by atomic mass is 15.2. The Hall–Kier alpha value is -2.43. The van der Waals surface area contributed by atoms with Crippen LogP contribution in [0.1, 0.15) is 18.5 Å². The van der Waals surface area contributed by atoms with Gasteiger partial charge in [0.05, 0.1) is 12.4 Å². The average molecular weight is 255 g/mol. The van der Waals surface area contributed by atoms with Crippen molar-refractivity contribution in [2.24, 2.45) is 0 Å². The molecule has 19 heavy (non-hydrogen) atoms. The van der Waals surface area contributed by atoms with Gasteiger partial charge >= 0.3 is 0 Å². The van der Waals surface area contributed by atoms with Gasteiger partial charge in [-0.1, -0.05) is 30.3 Å². The predicted molar refractivity (Wildman–Crippen MR) is 77.7 cm³/mol. The third-order valence-corrected chi connectivity index (χ3v) is 2.84. The van der Waals surface area contributed by atoms with E-state index in [2.05, 4.69) is 34.3 Å². The number of nitrogens with one attached hydrogen (secondary N) is 2. The molecule has 0 amide bonds. The minimum Gasteiger partial charge on any atom is -0.348 e. The van der Waals surface area contributed by atoms with Crippen molar-refractivity contribution < 1.29 is 0 Å². The van der Waals surface area contributed by atoms with E-state index in [4.69, 9.17) is 5.41 Å². The summed E-state index contributed by atoms with van der Waals surface area (Å²) in [7, 11) is 1.78. The number of aromatic nitrogens is 2. The van der Waals surface area contributed by atoms with Gasteiger partial charge in [-0.15, -0.1) is 0 Å². The van der Waals surface area contributed by atoms with Gasteiger partial charge in [0.1, 0.15) is 5.82 Å². The van der Waals surface area contributed by atoms with E-state index in [0.29, 0.717) is 11.8 Å². The molecule has 2 N–H and O–H groups in total. The van der Waals surface area contributed by atoms with Crippen LogP contribution in [0.2, 0.25) is 0 Å². The Labute approximate surface area is 112 Å². The van der Waals surface area contributed by atoms with Crippen LogP contribution in [0.15, 0.2) is 42.6 Å². The van der Waals surface area contributed by atoms with E-state index in [1.807, 2.05) is 18.2 Å². The van der Waals surface area contributed by atoms with Crippen molar-refractivity contribution in [3.05, 3.63) is 48.2 Å². The van der Waals surface area contributed by atoms with Crippen molar-refractivity contribution in [3.63, 3.8) is 0 Å². The van der Waals surface area contributed by atoms with Crippen LogP contribution in [-0.4, -0.2) is 23.4 Å². The summed E-state index contributed by atoms with van der Waals surface area (Å²) in [6.45, 7) is 2.06. The molecule has 1 aromatic heterocycles. The third kappa shape index (κ3) is 3.28. The summed E-state index contributed by atoms with van der Waals surface area (Å²) in [6.07, 6.45) is 2.90. The summed E-state index contributed by atoms with van der Waals surface area (Å²) in [5, 5.41) is 10.5. The Kier molecular flexibility index (Phi) is 4.07. The molecule has 0 aliphatic rings. The number of rotatable bonds is 5. The summed E-state index contributed by atoms with van der Waals surface area (Å²) in [5.41, 5.74) is 1.18. The molecular weight excluding hydrogens is 238 g/mol. The summed E-state index contributed by atoms with van der Waals surface area (Å²) in [5.74, 6) is 1.25. The van der Waals surface area contributed by atoms with Crippen molar-refractivity contribution in [1.29, 1.82) is 5.41 Å². The van der Waals surface area contributed by atoms with Gasteiger partial charge in [-0.3, -0.25) is 5.41 Å². The molecule has 98 valence electrons. The molecule has 0 aliphatic heterocycles. The summed E-state index contributed by atoms with van der Waals surface area (Å²) in [4.78, 5) is 10.2. The minimum absolute atomic E-state index is 0.127. The fraction of sp³-hybridized carbons (Fsp3) is 0.214. The lowest BCUT2D eigenvalue weighted by molar-refractivity contribution is 0.859. The lowest BCUT2D eigenvalue weighted by Gasteiger charge is -2.16. The smallest absolute Gasteiger partial charge is 0.225 e. The van der Waals surface area contributed by atoms with Crippen molar-refractivity contribution in [1.82, 2.24) is 9.97 Å². The maximum Gasteiger partial charge on any atom is 0.225 e. The standard InChI is InChI=1S/C14H17N5/c1-11(12-6-4-3-5-7-12)17-14-16-9-8-13(18-14)19(2)10-15/h3-11,15H,1-2H3,(H,16,17,18). The van der Waals surface area contributed by atoms with E-state index in [1.54, 1.807) is 24.2 Å². The molecule has 1 aromatic carbocycles. The average Bonchev–Trinajstić information content (AvgIpc) is 2.47. The zero-order chi connectivity index (χ0) is 13.7. The highest BCUT2D eigenvalue weighted by molar-refractivity contribution is 5.74. The zero-order valence-corrected chi connectivity index (χ0v) is 11.0. The molecular formula is C14H17N5. The van der Waals surface area contributed by atoms with E-state index >= 15 is 0 Å². The van der Waals surface area contributed by atoms with E-state index in [1.165, 1.54) is 11.9 Å². The maximum absolute atomic E-state index is 7.21. The topological polar surface area (TPSA) is 64.9 Å². The van der Waals surface area contributed by atoms with Crippen LogP contribution in [0, 0.1) is 5.41 Å². The molecule has 5 nitrogen and oxygen atoms in total. The first kappa shape index (κ1) is 13.0. The third-order valence-electron chi connectivity index (χ3n) is 2.84. The van der Waals surface area contributed by atoms with Gasteiger partial charge in [-0.05, 0) is 18.6 Å². The molecule has 0 aliphatic carbocycles. The van der Waals surface area contributed by atoms with Crippen LogP contribution in [0.25, 0.3) is 0 Å². The monoisotopic (exact) mass is 255 g/mol. The molecule has 2 rings (SSSR count). The molecule has 2 aromatic rings. The minimum atomic E-state index is 0.127. The van der Waals surface area contributed by atoms with Crippen molar-refractivity contribution in [2.75, 3.05) is 17.3 Å². The van der Waals surface area contributed by atoms with Crippen LogP contribution in [0.3, 0.4) is 0 Å². The van der Waals surface area contributed by atoms with Gasteiger partial charge in [0, 0.05) is 13.2 Å². The summed E-state index contributed by atoms with van der Waals surface area (Å²) >= 11 is 0. The summed E-state index contributed by atoms with van der Waals surface area (Å²) in [6, 6.07) is 12.0. The molecule has 0 saturated heterocycles. The van der Waals surface area contributed by atoms with Crippen molar-refractivity contribution in [2.45, 2.75) is 13.0 Å². The van der Waals surface area contributed by atoms with Gasteiger partial charge in [0.15, 0.2) is 0 Å². The molecule has 1 heterocycles. The first-order valence-corrected chi connectivity index (χ1v) is 6.08. The Bertz CT molecular complexity index is 541. The normalized spacial score (nSPS) is 11.7. The lowest BCUT2D eigenvalue weighted by Crippen LogP contribution is -2.16. The highest BCUT2D eigenvalue weighted by Crippen LogP contribution is 2.17. The van der Waals surface area contributed by atoms with Gasteiger partial charge in [0.2, 0.25) is 5.95 Å². The van der Waals surface area contributed by atoms with E-state index in [9.17, 15) is 0 Å². The van der Waals surface area contributed by atoms with Crippen molar-refractivity contribution >= 4 is 18.1 Å². The second-order valence-electron chi connectivity index (χ2n) is 4.26. The molecule has 0 spiro atoms. The Morgan fingerprint density at radius 2 is 2.00 bits per heavy atom. The van der Waals surface area contributed by atoms with Crippen LogP contribution >= 0.6 is 0 Å². The van der Waals surface area contributed by atoms with E-state index in [0.717, 1.165) is 0 Å². The SMILES string of the molecule is CC(Nc1nccc(N(C)C=N)n1)c1ccccc1. The fourth-order valence-electron chi connectivity index (χ4n) is 1.70.